The molecule has 0 atom stereocenters. The van der Waals surface area contributed by atoms with Crippen molar-refractivity contribution in [2.75, 3.05) is 6.54 Å². The number of nitrogens with two attached hydrogens (primary N) is 2. The molecule has 0 amide bonds. The summed E-state index contributed by atoms with van der Waals surface area (Å²) in [5.74, 6) is 0. The molecule has 142 valence electrons. The van der Waals surface area contributed by atoms with Gasteiger partial charge in [0.1, 0.15) is 0 Å². The van der Waals surface area contributed by atoms with Crippen molar-refractivity contribution >= 4 is 36.2 Å². The topological polar surface area (TPSA) is 52.0 Å². The van der Waals surface area contributed by atoms with Crippen LogP contribution in [0.5, 0.6) is 0 Å². The maximum atomic E-state index is 5.83. The third kappa shape index (κ3) is 9.07. The van der Waals surface area contributed by atoms with E-state index in [0.29, 0.717) is 6.54 Å². The molecule has 2 aromatic rings. The van der Waals surface area contributed by atoms with Crippen molar-refractivity contribution in [1.82, 2.24) is 0 Å². The molecule has 0 unspecified atom stereocenters. The molecular formula is C20H32Cl2N2S. The van der Waals surface area contributed by atoms with Gasteiger partial charge < -0.3 is 11.5 Å². The Balaban J connectivity index is 0.00000288. The van der Waals surface area contributed by atoms with E-state index in [-0.39, 0.29) is 24.8 Å². The van der Waals surface area contributed by atoms with Crippen LogP contribution in [0, 0.1) is 0 Å². The zero-order chi connectivity index (χ0) is 16.3. The Kier molecular flexibility index (Phi) is 14.2. The number of hydrogen-bond acceptors (Lipinski definition) is 3. The fourth-order valence-electron chi connectivity index (χ4n) is 2.92. The summed E-state index contributed by atoms with van der Waals surface area (Å²) < 4.78 is 0. The van der Waals surface area contributed by atoms with Crippen LogP contribution >= 0.6 is 36.2 Å². The SMILES string of the molecule is Cl.Cl.NCCCCCCCCc1ccc(Cc2ccccc2CN)s1. The Morgan fingerprint density at radius 1 is 0.680 bits per heavy atom. The van der Waals surface area contributed by atoms with Gasteiger partial charge in [-0.3, -0.25) is 0 Å². The summed E-state index contributed by atoms with van der Waals surface area (Å²) in [6.45, 7) is 1.46. The van der Waals surface area contributed by atoms with Crippen molar-refractivity contribution in [1.29, 1.82) is 0 Å². The van der Waals surface area contributed by atoms with Gasteiger partial charge in [0.25, 0.3) is 0 Å². The van der Waals surface area contributed by atoms with Crippen LogP contribution in [-0.4, -0.2) is 6.54 Å². The molecule has 0 aliphatic heterocycles. The third-order valence-corrected chi connectivity index (χ3v) is 5.44. The van der Waals surface area contributed by atoms with E-state index in [0.717, 1.165) is 13.0 Å². The summed E-state index contributed by atoms with van der Waals surface area (Å²) in [5, 5.41) is 0. The molecule has 4 N–H and O–H groups in total. The quantitative estimate of drug-likeness (QED) is 0.488. The average Bonchev–Trinajstić information content (AvgIpc) is 3.02. The standard InChI is InChI=1S/C20H30N2S.2ClH/c21-14-8-4-2-1-3-5-11-19-12-13-20(23-19)15-17-9-6-7-10-18(17)16-22;;/h6-7,9-10,12-13H,1-5,8,11,14-16,21-22H2;2*1H. The average molecular weight is 403 g/mol. The largest absolute Gasteiger partial charge is 0.330 e. The molecule has 0 aliphatic rings. The molecule has 0 saturated carbocycles. The molecule has 0 bridgehead atoms. The van der Waals surface area contributed by atoms with Gasteiger partial charge in [-0.25, -0.2) is 0 Å². The first-order valence-electron chi connectivity index (χ1n) is 8.88. The van der Waals surface area contributed by atoms with E-state index in [1.54, 1.807) is 0 Å². The minimum atomic E-state index is 0. The van der Waals surface area contributed by atoms with Gasteiger partial charge in [-0.05, 0) is 49.1 Å². The van der Waals surface area contributed by atoms with E-state index < -0.39 is 0 Å². The molecule has 0 saturated heterocycles. The summed E-state index contributed by atoms with van der Waals surface area (Å²) >= 11 is 1.96. The molecular weight excluding hydrogens is 371 g/mol. The zero-order valence-corrected chi connectivity index (χ0v) is 17.4. The van der Waals surface area contributed by atoms with E-state index in [9.17, 15) is 0 Å². The van der Waals surface area contributed by atoms with Crippen LogP contribution in [0.3, 0.4) is 0 Å². The number of halogens is 2. The van der Waals surface area contributed by atoms with Crippen molar-refractivity contribution in [3.8, 4) is 0 Å². The molecule has 2 rings (SSSR count). The van der Waals surface area contributed by atoms with Crippen LogP contribution < -0.4 is 11.5 Å². The van der Waals surface area contributed by atoms with Crippen LogP contribution in [0.15, 0.2) is 36.4 Å². The highest BCUT2D eigenvalue weighted by Gasteiger charge is 2.05. The molecule has 0 aliphatic carbocycles. The molecule has 0 fully saturated rings. The first kappa shape index (κ1) is 24.4. The Bertz CT molecular complexity index is 572. The van der Waals surface area contributed by atoms with Crippen molar-refractivity contribution in [2.24, 2.45) is 11.5 Å². The number of benzene rings is 1. The third-order valence-electron chi connectivity index (χ3n) is 4.30. The molecule has 0 spiro atoms. The lowest BCUT2D eigenvalue weighted by Gasteiger charge is -2.05. The predicted molar refractivity (Wildman–Crippen MR) is 116 cm³/mol. The van der Waals surface area contributed by atoms with Crippen LogP contribution in [0.1, 0.15) is 59.4 Å². The summed E-state index contributed by atoms with van der Waals surface area (Å²) in [6.07, 6.45) is 10.0. The number of rotatable bonds is 11. The Morgan fingerprint density at radius 3 is 1.96 bits per heavy atom. The number of unbranched alkanes of at least 4 members (excludes halogenated alkanes) is 5. The van der Waals surface area contributed by atoms with Gasteiger partial charge in [0, 0.05) is 22.7 Å². The summed E-state index contributed by atoms with van der Waals surface area (Å²) in [4.78, 5) is 2.97. The lowest BCUT2D eigenvalue weighted by Crippen LogP contribution is -2.01. The van der Waals surface area contributed by atoms with Crippen LogP contribution in [0.4, 0.5) is 0 Å². The van der Waals surface area contributed by atoms with E-state index in [1.165, 1.54) is 65.8 Å². The molecule has 1 aromatic carbocycles. The molecule has 5 heteroatoms. The normalized spacial score (nSPS) is 10.2. The van der Waals surface area contributed by atoms with Crippen molar-refractivity contribution in [2.45, 2.75) is 57.9 Å². The predicted octanol–water partition coefficient (Wildman–Crippen LogP) is 5.48. The van der Waals surface area contributed by atoms with Crippen LogP contribution in [0.25, 0.3) is 0 Å². The first-order valence-corrected chi connectivity index (χ1v) is 9.69. The molecule has 1 aromatic heterocycles. The minimum Gasteiger partial charge on any atom is -0.330 e. The lowest BCUT2D eigenvalue weighted by atomic mass is 10.0. The fraction of sp³-hybridized carbons (Fsp3) is 0.500. The molecule has 0 radical (unpaired) electrons. The smallest absolute Gasteiger partial charge is 0.0180 e. The lowest BCUT2D eigenvalue weighted by molar-refractivity contribution is 0.599. The Labute approximate surface area is 169 Å². The van der Waals surface area contributed by atoms with Gasteiger partial charge in [0.05, 0.1) is 0 Å². The van der Waals surface area contributed by atoms with Gasteiger partial charge in [-0.2, -0.15) is 0 Å². The van der Waals surface area contributed by atoms with Gasteiger partial charge in [0.2, 0.25) is 0 Å². The van der Waals surface area contributed by atoms with Gasteiger partial charge >= 0.3 is 0 Å². The van der Waals surface area contributed by atoms with Gasteiger partial charge in [-0.15, -0.1) is 36.2 Å². The van der Waals surface area contributed by atoms with E-state index in [2.05, 4.69) is 36.4 Å². The number of thiophene rings is 1. The minimum absolute atomic E-state index is 0. The summed E-state index contributed by atoms with van der Waals surface area (Å²) in [5.41, 5.74) is 14.0. The van der Waals surface area contributed by atoms with Crippen LogP contribution in [-0.2, 0) is 19.4 Å². The molecule has 25 heavy (non-hydrogen) atoms. The number of aryl methyl sites for hydroxylation is 1. The van der Waals surface area contributed by atoms with Gasteiger partial charge in [0.15, 0.2) is 0 Å². The highest BCUT2D eigenvalue weighted by molar-refractivity contribution is 7.12. The highest BCUT2D eigenvalue weighted by atomic mass is 35.5. The maximum Gasteiger partial charge on any atom is 0.0180 e. The maximum absolute atomic E-state index is 5.83. The van der Waals surface area contributed by atoms with Gasteiger partial charge in [-0.1, -0.05) is 49.9 Å². The molecule has 1 heterocycles. The van der Waals surface area contributed by atoms with Crippen LogP contribution in [0.2, 0.25) is 0 Å². The Hall–Kier alpha value is -0.580. The fourth-order valence-corrected chi connectivity index (χ4v) is 4.00. The zero-order valence-electron chi connectivity index (χ0n) is 14.9. The van der Waals surface area contributed by atoms with E-state index >= 15 is 0 Å². The van der Waals surface area contributed by atoms with Crippen molar-refractivity contribution in [3.63, 3.8) is 0 Å². The van der Waals surface area contributed by atoms with E-state index in [1.807, 2.05) is 11.3 Å². The number of hydrogen-bond donors (Lipinski definition) is 2. The first-order chi connectivity index (χ1) is 11.3. The summed E-state index contributed by atoms with van der Waals surface area (Å²) in [6, 6.07) is 13.1. The van der Waals surface area contributed by atoms with Crippen molar-refractivity contribution < 1.29 is 0 Å². The highest BCUT2D eigenvalue weighted by Crippen LogP contribution is 2.23. The monoisotopic (exact) mass is 402 g/mol. The van der Waals surface area contributed by atoms with E-state index in [4.69, 9.17) is 11.5 Å². The molecule has 2 nitrogen and oxygen atoms in total. The second-order valence-electron chi connectivity index (χ2n) is 6.18. The van der Waals surface area contributed by atoms with Crippen molar-refractivity contribution in [3.05, 3.63) is 57.3 Å². The summed E-state index contributed by atoms with van der Waals surface area (Å²) in [7, 11) is 0. The second-order valence-corrected chi connectivity index (χ2v) is 7.43. The Morgan fingerprint density at radius 2 is 1.28 bits per heavy atom. The second kappa shape index (κ2) is 14.6.